The summed E-state index contributed by atoms with van der Waals surface area (Å²) in [5, 5.41) is 3.47. The van der Waals surface area contributed by atoms with E-state index in [0.29, 0.717) is 0 Å². The molecule has 1 aromatic carbocycles. The van der Waals surface area contributed by atoms with E-state index in [1.54, 1.807) is 0 Å². The van der Waals surface area contributed by atoms with Crippen LogP contribution in [0.25, 0.3) is 0 Å². The lowest BCUT2D eigenvalue weighted by molar-refractivity contribution is 0.243. The van der Waals surface area contributed by atoms with Crippen molar-refractivity contribution in [3.8, 4) is 0 Å². The zero-order chi connectivity index (χ0) is 14.7. The molecule has 3 rings (SSSR count). The van der Waals surface area contributed by atoms with E-state index in [0.717, 1.165) is 31.6 Å². The molecule has 3 heteroatoms. The van der Waals surface area contributed by atoms with Crippen molar-refractivity contribution in [3.05, 3.63) is 33.8 Å². The molecular weight excluding hydrogens is 324 g/mol. The normalized spacial score (nSPS) is 18.4. The average Bonchev–Trinajstić information content (AvgIpc) is 3.35. The van der Waals surface area contributed by atoms with Crippen molar-refractivity contribution >= 4 is 15.9 Å². The molecule has 0 aliphatic heterocycles. The van der Waals surface area contributed by atoms with Crippen LogP contribution < -0.4 is 5.32 Å². The standard InChI is InChI=1S/C18H27BrN2/c1-2-9-20-11-15-5-6-16(18(19)10-15)13-21(17-7-8-17)12-14-3-4-14/h5-6,10,14,17,20H,2-4,7-9,11-13H2,1H3. The maximum Gasteiger partial charge on any atom is 0.0247 e. The van der Waals surface area contributed by atoms with E-state index in [1.165, 1.54) is 54.2 Å². The lowest BCUT2D eigenvalue weighted by Gasteiger charge is -2.22. The van der Waals surface area contributed by atoms with Gasteiger partial charge in [-0.2, -0.15) is 0 Å². The number of benzene rings is 1. The number of rotatable bonds is 9. The average molecular weight is 351 g/mol. The van der Waals surface area contributed by atoms with Gasteiger partial charge in [0.15, 0.2) is 0 Å². The molecular formula is C18H27BrN2. The monoisotopic (exact) mass is 350 g/mol. The van der Waals surface area contributed by atoms with Crippen LogP contribution >= 0.6 is 15.9 Å². The molecule has 2 aliphatic carbocycles. The fraction of sp³-hybridized carbons (Fsp3) is 0.667. The molecule has 0 saturated heterocycles. The van der Waals surface area contributed by atoms with Crippen LogP contribution in [0.5, 0.6) is 0 Å². The van der Waals surface area contributed by atoms with Gasteiger partial charge in [0.25, 0.3) is 0 Å². The SMILES string of the molecule is CCCNCc1ccc(CN(CC2CC2)C2CC2)c(Br)c1. The second-order valence-corrected chi connectivity index (χ2v) is 7.56. The van der Waals surface area contributed by atoms with Gasteiger partial charge >= 0.3 is 0 Å². The minimum absolute atomic E-state index is 0.864. The van der Waals surface area contributed by atoms with Gasteiger partial charge in [-0.25, -0.2) is 0 Å². The number of hydrogen-bond acceptors (Lipinski definition) is 2. The molecule has 0 aromatic heterocycles. The molecule has 2 saturated carbocycles. The highest BCUT2D eigenvalue weighted by atomic mass is 79.9. The molecule has 21 heavy (non-hydrogen) atoms. The molecule has 0 heterocycles. The summed E-state index contributed by atoms with van der Waals surface area (Å²) in [6.07, 6.45) is 6.91. The lowest BCUT2D eigenvalue weighted by atomic mass is 10.1. The Morgan fingerprint density at radius 1 is 1.24 bits per heavy atom. The molecule has 1 aromatic rings. The molecule has 116 valence electrons. The Labute approximate surface area is 137 Å². The molecule has 0 spiro atoms. The van der Waals surface area contributed by atoms with Crippen LogP contribution in [-0.4, -0.2) is 24.0 Å². The summed E-state index contributed by atoms with van der Waals surface area (Å²) in [5.41, 5.74) is 2.82. The second-order valence-electron chi connectivity index (χ2n) is 6.71. The third-order valence-electron chi connectivity index (χ3n) is 4.50. The molecule has 0 bridgehead atoms. The largest absolute Gasteiger partial charge is 0.313 e. The Morgan fingerprint density at radius 3 is 2.67 bits per heavy atom. The smallest absolute Gasteiger partial charge is 0.0247 e. The Kier molecular flexibility index (Phi) is 5.36. The molecule has 0 amide bonds. The molecule has 2 nitrogen and oxygen atoms in total. The number of halogens is 1. The Bertz CT molecular complexity index is 466. The maximum absolute atomic E-state index is 3.78. The Balaban J connectivity index is 1.58. The van der Waals surface area contributed by atoms with Crippen molar-refractivity contribution in [2.45, 2.75) is 58.2 Å². The van der Waals surface area contributed by atoms with E-state index in [-0.39, 0.29) is 0 Å². The molecule has 0 unspecified atom stereocenters. The molecule has 2 fully saturated rings. The van der Waals surface area contributed by atoms with Crippen LogP contribution in [0.15, 0.2) is 22.7 Å². The van der Waals surface area contributed by atoms with Crippen molar-refractivity contribution in [1.82, 2.24) is 10.2 Å². The van der Waals surface area contributed by atoms with Gasteiger partial charge in [-0.05, 0) is 61.8 Å². The fourth-order valence-corrected chi connectivity index (χ4v) is 3.42. The fourth-order valence-electron chi connectivity index (χ4n) is 2.87. The van der Waals surface area contributed by atoms with Crippen LogP contribution in [0.1, 0.15) is 50.2 Å². The van der Waals surface area contributed by atoms with Crippen LogP contribution in [0.4, 0.5) is 0 Å². The number of nitrogens with one attached hydrogen (secondary N) is 1. The number of nitrogens with zero attached hydrogens (tertiary/aromatic N) is 1. The van der Waals surface area contributed by atoms with Gasteiger partial charge < -0.3 is 5.32 Å². The van der Waals surface area contributed by atoms with E-state index >= 15 is 0 Å². The van der Waals surface area contributed by atoms with Gasteiger partial charge in [0.2, 0.25) is 0 Å². The van der Waals surface area contributed by atoms with Crippen molar-refractivity contribution in [3.63, 3.8) is 0 Å². The summed E-state index contributed by atoms with van der Waals surface area (Å²) in [7, 11) is 0. The van der Waals surface area contributed by atoms with Crippen molar-refractivity contribution in [1.29, 1.82) is 0 Å². The van der Waals surface area contributed by atoms with Crippen LogP contribution in [0, 0.1) is 5.92 Å². The first kappa shape index (κ1) is 15.5. The number of hydrogen-bond donors (Lipinski definition) is 1. The quantitative estimate of drug-likeness (QED) is 0.667. The summed E-state index contributed by atoms with van der Waals surface area (Å²) >= 11 is 3.78. The highest BCUT2D eigenvalue weighted by molar-refractivity contribution is 9.10. The van der Waals surface area contributed by atoms with Gasteiger partial charge in [-0.3, -0.25) is 4.90 Å². The first-order valence-corrected chi connectivity index (χ1v) is 9.27. The first-order chi connectivity index (χ1) is 10.3. The first-order valence-electron chi connectivity index (χ1n) is 8.48. The molecule has 1 N–H and O–H groups in total. The molecule has 0 atom stereocenters. The highest BCUT2D eigenvalue weighted by Crippen LogP contribution is 2.36. The third-order valence-corrected chi connectivity index (χ3v) is 5.24. The van der Waals surface area contributed by atoms with E-state index in [1.807, 2.05) is 0 Å². The predicted octanol–water partition coefficient (Wildman–Crippen LogP) is 4.32. The molecule has 0 radical (unpaired) electrons. The van der Waals surface area contributed by atoms with E-state index in [4.69, 9.17) is 0 Å². The molecule has 2 aliphatic rings. The summed E-state index contributed by atoms with van der Waals surface area (Å²) < 4.78 is 1.28. The van der Waals surface area contributed by atoms with Crippen molar-refractivity contribution in [2.24, 2.45) is 5.92 Å². The van der Waals surface area contributed by atoms with E-state index in [2.05, 4.69) is 51.3 Å². The minimum atomic E-state index is 0.864. The Morgan fingerprint density at radius 2 is 2.05 bits per heavy atom. The van der Waals surface area contributed by atoms with Crippen LogP contribution in [-0.2, 0) is 13.1 Å². The zero-order valence-electron chi connectivity index (χ0n) is 13.1. The Hall–Kier alpha value is -0.380. The summed E-state index contributed by atoms with van der Waals surface area (Å²) in [4.78, 5) is 2.72. The van der Waals surface area contributed by atoms with E-state index in [9.17, 15) is 0 Å². The van der Waals surface area contributed by atoms with Crippen molar-refractivity contribution in [2.75, 3.05) is 13.1 Å². The van der Waals surface area contributed by atoms with Crippen LogP contribution in [0.3, 0.4) is 0 Å². The van der Waals surface area contributed by atoms with Gasteiger partial charge in [-0.1, -0.05) is 35.0 Å². The van der Waals surface area contributed by atoms with Crippen molar-refractivity contribution < 1.29 is 0 Å². The highest BCUT2D eigenvalue weighted by Gasteiger charge is 2.33. The summed E-state index contributed by atoms with van der Waals surface area (Å²) in [5.74, 6) is 0.988. The zero-order valence-corrected chi connectivity index (χ0v) is 14.7. The third kappa shape index (κ3) is 4.80. The van der Waals surface area contributed by atoms with Gasteiger partial charge in [0, 0.05) is 30.1 Å². The maximum atomic E-state index is 3.78. The second kappa shape index (κ2) is 7.26. The van der Waals surface area contributed by atoms with Gasteiger partial charge in [0.1, 0.15) is 0 Å². The van der Waals surface area contributed by atoms with E-state index < -0.39 is 0 Å². The summed E-state index contributed by atoms with van der Waals surface area (Å²) in [6, 6.07) is 7.75. The minimum Gasteiger partial charge on any atom is -0.313 e. The summed E-state index contributed by atoms with van der Waals surface area (Å²) in [6.45, 7) is 6.71. The topological polar surface area (TPSA) is 15.3 Å². The van der Waals surface area contributed by atoms with Gasteiger partial charge in [-0.15, -0.1) is 0 Å². The van der Waals surface area contributed by atoms with Crippen LogP contribution in [0.2, 0.25) is 0 Å². The predicted molar refractivity (Wildman–Crippen MR) is 92.3 cm³/mol. The van der Waals surface area contributed by atoms with Gasteiger partial charge in [0.05, 0.1) is 0 Å². The lowest BCUT2D eigenvalue weighted by Crippen LogP contribution is -2.28.